The SMILES string of the molecule is CCCC/C=C\CCCCCCCC(=O)OCC(COP(=O)(O)OCC(CO)OC(=O)CCCCCCCCCCCCC)OC(=O)CCCCCCCCC/C=C\C/C=C\CCCCC. The monoisotopic (exact) mass is 955 g/mol. The lowest BCUT2D eigenvalue weighted by molar-refractivity contribution is -0.161. The summed E-state index contributed by atoms with van der Waals surface area (Å²) in [5, 5.41) is 9.76. The number of aliphatic hydroxyl groups excluding tert-OH is 1. The molecule has 0 bridgehead atoms. The molecule has 0 saturated heterocycles. The third kappa shape index (κ3) is 46.8. The van der Waals surface area contributed by atoms with E-state index in [2.05, 4.69) is 57.2 Å². The summed E-state index contributed by atoms with van der Waals surface area (Å²) in [7, 11) is -4.74. The number of hydrogen-bond acceptors (Lipinski definition) is 10. The Bertz CT molecular complexity index is 1250. The fourth-order valence-corrected chi connectivity index (χ4v) is 8.15. The third-order valence-electron chi connectivity index (χ3n) is 11.5. The first-order valence-electron chi connectivity index (χ1n) is 26.9. The van der Waals surface area contributed by atoms with Crippen molar-refractivity contribution in [1.29, 1.82) is 0 Å². The average molecular weight is 955 g/mol. The second kappa shape index (κ2) is 49.1. The van der Waals surface area contributed by atoms with E-state index in [0.717, 1.165) is 96.3 Å². The molecule has 3 atom stereocenters. The van der Waals surface area contributed by atoms with Crippen LogP contribution in [0.5, 0.6) is 0 Å². The fraction of sp³-hybridized carbons (Fsp3) is 0.833. The Balaban J connectivity index is 4.72. The number of rotatable bonds is 50. The summed E-state index contributed by atoms with van der Waals surface area (Å²) in [6, 6.07) is 0. The molecular weight excluding hydrogens is 856 g/mol. The van der Waals surface area contributed by atoms with E-state index in [4.69, 9.17) is 23.3 Å². The molecule has 0 aromatic carbocycles. The van der Waals surface area contributed by atoms with Gasteiger partial charge in [0.2, 0.25) is 0 Å². The van der Waals surface area contributed by atoms with Crippen LogP contribution < -0.4 is 0 Å². The van der Waals surface area contributed by atoms with Gasteiger partial charge in [-0.1, -0.05) is 198 Å². The quantitative estimate of drug-likeness (QED) is 0.0197. The predicted octanol–water partition coefficient (Wildman–Crippen LogP) is 15.3. The Labute approximate surface area is 403 Å². The minimum absolute atomic E-state index is 0.160. The average Bonchev–Trinajstić information content (AvgIpc) is 3.30. The molecule has 0 aliphatic rings. The summed E-state index contributed by atoms with van der Waals surface area (Å²) < 4.78 is 39.3. The zero-order chi connectivity index (χ0) is 48.4. The lowest BCUT2D eigenvalue weighted by Gasteiger charge is -2.21. The molecule has 0 amide bonds. The van der Waals surface area contributed by atoms with Gasteiger partial charge in [-0.25, -0.2) is 4.57 Å². The van der Waals surface area contributed by atoms with Gasteiger partial charge in [-0.15, -0.1) is 0 Å². The minimum Gasteiger partial charge on any atom is -0.462 e. The zero-order valence-corrected chi connectivity index (χ0v) is 43.3. The molecule has 0 spiro atoms. The van der Waals surface area contributed by atoms with Gasteiger partial charge in [0.1, 0.15) is 12.7 Å². The van der Waals surface area contributed by atoms with E-state index in [-0.39, 0.29) is 25.9 Å². The Morgan fingerprint density at radius 1 is 0.424 bits per heavy atom. The van der Waals surface area contributed by atoms with E-state index in [1.54, 1.807) is 0 Å². The van der Waals surface area contributed by atoms with Crippen LogP contribution in [0.1, 0.15) is 252 Å². The Kier molecular flexibility index (Phi) is 47.4. The largest absolute Gasteiger partial charge is 0.472 e. The second-order valence-electron chi connectivity index (χ2n) is 18.0. The highest BCUT2D eigenvalue weighted by Gasteiger charge is 2.28. The normalized spacial score (nSPS) is 13.7. The Hall–Kier alpha value is -2.30. The molecule has 3 unspecified atom stereocenters. The highest BCUT2D eigenvalue weighted by atomic mass is 31.2. The van der Waals surface area contributed by atoms with Crippen LogP contribution in [0.2, 0.25) is 0 Å². The molecule has 66 heavy (non-hydrogen) atoms. The summed E-state index contributed by atoms with van der Waals surface area (Å²) in [4.78, 5) is 48.3. The van der Waals surface area contributed by atoms with Crippen LogP contribution in [0, 0.1) is 0 Å². The van der Waals surface area contributed by atoms with E-state index in [1.165, 1.54) is 96.3 Å². The van der Waals surface area contributed by atoms with Gasteiger partial charge in [0, 0.05) is 19.3 Å². The van der Waals surface area contributed by atoms with Crippen LogP contribution in [0.25, 0.3) is 0 Å². The molecule has 0 aromatic rings. The van der Waals surface area contributed by atoms with Gasteiger partial charge in [-0.3, -0.25) is 23.4 Å². The molecule has 0 saturated carbocycles. The van der Waals surface area contributed by atoms with Crippen molar-refractivity contribution in [2.75, 3.05) is 26.4 Å². The number of carbonyl (C=O) groups excluding carboxylic acids is 3. The minimum atomic E-state index is -4.74. The number of unbranched alkanes of at least 4 members (excludes halogenated alkanes) is 27. The lowest BCUT2D eigenvalue weighted by atomic mass is 10.1. The van der Waals surface area contributed by atoms with E-state index in [1.807, 2.05) is 0 Å². The van der Waals surface area contributed by atoms with E-state index >= 15 is 0 Å². The number of phosphoric acid groups is 1. The fourth-order valence-electron chi connectivity index (χ4n) is 7.37. The van der Waals surface area contributed by atoms with Gasteiger partial charge in [0.15, 0.2) is 6.10 Å². The highest BCUT2D eigenvalue weighted by Crippen LogP contribution is 2.43. The van der Waals surface area contributed by atoms with Crippen molar-refractivity contribution in [1.82, 2.24) is 0 Å². The molecule has 0 aromatic heterocycles. The van der Waals surface area contributed by atoms with Crippen molar-refractivity contribution in [3.8, 4) is 0 Å². The third-order valence-corrected chi connectivity index (χ3v) is 12.5. The molecule has 386 valence electrons. The number of hydrogen-bond donors (Lipinski definition) is 2. The first kappa shape index (κ1) is 63.7. The predicted molar refractivity (Wildman–Crippen MR) is 270 cm³/mol. The highest BCUT2D eigenvalue weighted by molar-refractivity contribution is 7.47. The van der Waals surface area contributed by atoms with Crippen molar-refractivity contribution in [2.45, 2.75) is 264 Å². The Morgan fingerprint density at radius 3 is 1.21 bits per heavy atom. The maximum Gasteiger partial charge on any atom is 0.472 e. The van der Waals surface area contributed by atoms with Crippen LogP contribution >= 0.6 is 7.82 Å². The number of aliphatic hydroxyl groups is 1. The van der Waals surface area contributed by atoms with Gasteiger partial charge in [0.05, 0.1) is 19.8 Å². The molecule has 12 heteroatoms. The molecule has 0 fully saturated rings. The van der Waals surface area contributed by atoms with Crippen LogP contribution in [-0.4, -0.2) is 66.5 Å². The summed E-state index contributed by atoms with van der Waals surface area (Å²) in [5.41, 5.74) is 0. The lowest BCUT2D eigenvalue weighted by Crippen LogP contribution is -2.30. The molecular formula is C54H99O11P. The first-order chi connectivity index (χ1) is 32.2. The smallest absolute Gasteiger partial charge is 0.462 e. The molecule has 0 aliphatic carbocycles. The van der Waals surface area contributed by atoms with Crippen molar-refractivity contribution >= 4 is 25.7 Å². The van der Waals surface area contributed by atoms with E-state index in [9.17, 15) is 28.9 Å². The van der Waals surface area contributed by atoms with Gasteiger partial charge in [0.25, 0.3) is 0 Å². The molecule has 2 N–H and O–H groups in total. The molecule has 0 radical (unpaired) electrons. The van der Waals surface area contributed by atoms with Crippen LogP contribution in [0.4, 0.5) is 0 Å². The van der Waals surface area contributed by atoms with Crippen molar-refractivity contribution in [3.05, 3.63) is 36.5 Å². The van der Waals surface area contributed by atoms with E-state index in [0.29, 0.717) is 19.3 Å². The van der Waals surface area contributed by atoms with Crippen molar-refractivity contribution < 1.29 is 52.2 Å². The molecule has 0 rings (SSSR count). The van der Waals surface area contributed by atoms with Gasteiger partial charge in [-0.2, -0.15) is 0 Å². The van der Waals surface area contributed by atoms with Gasteiger partial charge >= 0.3 is 25.7 Å². The van der Waals surface area contributed by atoms with Gasteiger partial charge in [-0.05, 0) is 70.6 Å². The maximum absolute atomic E-state index is 12.8. The zero-order valence-electron chi connectivity index (χ0n) is 42.4. The standard InChI is InChI=1S/C54H99O11P/c1-4-7-10-13-16-19-22-23-24-25-26-27-30-33-36-39-42-45-54(58)65-51(47-61-52(56)43-40-37-34-31-28-20-17-14-11-8-5-2)49-63-66(59,60)62-48-50(46-55)64-53(57)44-41-38-35-32-29-21-18-15-12-9-6-3/h14,16-17,19,23-24,50-51,55H,4-13,15,18,20-22,25-49H2,1-3H3,(H,59,60)/b17-14-,19-16-,24-23-. The second-order valence-corrected chi connectivity index (χ2v) is 19.5. The molecule has 0 aliphatic heterocycles. The number of ether oxygens (including phenoxy) is 3. The van der Waals surface area contributed by atoms with Crippen molar-refractivity contribution in [3.63, 3.8) is 0 Å². The number of allylic oxidation sites excluding steroid dienone is 6. The van der Waals surface area contributed by atoms with E-state index < -0.39 is 57.8 Å². The summed E-state index contributed by atoms with van der Waals surface area (Å²) >= 11 is 0. The van der Waals surface area contributed by atoms with Crippen LogP contribution in [0.15, 0.2) is 36.5 Å². The van der Waals surface area contributed by atoms with Crippen molar-refractivity contribution in [2.24, 2.45) is 0 Å². The summed E-state index contributed by atoms with van der Waals surface area (Å²) in [5.74, 6) is -1.47. The molecule has 11 nitrogen and oxygen atoms in total. The van der Waals surface area contributed by atoms with Gasteiger partial charge < -0.3 is 24.2 Å². The summed E-state index contributed by atoms with van der Waals surface area (Å²) in [6.07, 6.45) is 48.2. The number of phosphoric ester groups is 1. The Morgan fingerprint density at radius 2 is 0.758 bits per heavy atom. The molecule has 0 heterocycles. The maximum atomic E-state index is 12.8. The number of carbonyl (C=O) groups is 3. The van der Waals surface area contributed by atoms with Crippen LogP contribution in [-0.2, 0) is 42.2 Å². The summed E-state index contributed by atoms with van der Waals surface area (Å²) in [6.45, 7) is 4.56. The number of esters is 3. The first-order valence-corrected chi connectivity index (χ1v) is 28.4. The van der Waals surface area contributed by atoms with Crippen LogP contribution in [0.3, 0.4) is 0 Å². The topological polar surface area (TPSA) is 155 Å².